The molecule has 55 valence electrons. The number of allylic oxidation sites excluding steroid dienone is 1. The van der Waals surface area contributed by atoms with E-state index in [9.17, 15) is 0 Å². The summed E-state index contributed by atoms with van der Waals surface area (Å²) in [5.74, 6) is 0. The van der Waals surface area contributed by atoms with Crippen LogP contribution in [0.3, 0.4) is 0 Å². The summed E-state index contributed by atoms with van der Waals surface area (Å²) in [7, 11) is 0. The Hall–Kier alpha value is -2.06. The van der Waals surface area contributed by atoms with Crippen LogP contribution in [0.25, 0.3) is 6.08 Å². The molecule has 0 fully saturated rings. The van der Waals surface area contributed by atoms with Gasteiger partial charge in [-0.1, -0.05) is 24.3 Å². The average molecular weight is 153 g/mol. The van der Waals surface area contributed by atoms with Crippen LogP contribution in [0.1, 0.15) is 5.56 Å². The fraction of sp³-hybridized carbons (Fsp3) is 0. The van der Waals surface area contributed by atoms with Crippen LogP contribution in [0.2, 0.25) is 0 Å². The van der Waals surface area contributed by atoms with E-state index in [1.54, 1.807) is 36.4 Å². The molecule has 0 saturated heterocycles. The molecule has 1 rings (SSSR count). The van der Waals surface area contributed by atoms with Crippen LogP contribution < -0.4 is 0 Å². The van der Waals surface area contributed by atoms with Crippen molar-refractivity contribution < 1.29 is 0 Å². The molecule has 0 aromatic heterocycles. The standard InChI is InChI=1S/C10H5N2/c11-7-10(8-12)6-9-4-2-1-3-5-9/h2-6H. The Morgan fingerprint density at radius 1 is 1.25 bits per heavy atom. The van der Waals surface area contributed by atoms with E-state index in [0.717, 1.165) is 5.56 Å². The van der Waals surface area contributed by atoms with Gasteiger partial charge in [0.2, 0.25) is 0 Å². The maximum Gasteiger partial charge on any atom is 0.130 e. The molecule has 0 atom stereocenters. The van der Waals surface area contributed by atoms with Crippen molar-refractivity contribution >= 4 is 6.08 Å². The van der Waals surface area contributed by atoms with E-state index in [1.807, 2.05) is 0 Å². The van der Waals surface area contributed by atoms with Crippen LogP contribution >= 0.6 is 0 Å². The van der Waals surface area contributed by atoms with E-state index < -0.39 is 0 Å². The zero-order chi connectivity index (χ0) is 8.81. The summed E-state index contributed by atoms with van der Waals surface area (Å²) in [5, 5.41) is 16.9. The molecule has 0 amide bonds. The van der Waals surface area contributed by atoms with E-state index in [1.165, 1.54) is 6.08 Å². The Kier molecular flexibility index (Phi) is 2.65. The molecule has 0 spiro atoms. The van der Waals surface area contributed by atoms with E-state index in [4.69, 9.17) is 10.5 Å². The molecular weight excluding hydrogens is 148 g/mol. The third kappa shape index (κ3) is 1.97. The summed E-state index contributed by atoms with van der Waals surface area (Å²) in [6.45, 7) is 0. The maximum atomic E-state index is 8.44. The van der Waals surface area contributed by atoms with Gasteiger partial charge in [-0.15, -0.1) is 0 Å². The third-order valence-electron chi connectivity index (χ3n) is 1.30. The number of hydrogen-bond acceptors (Lipinski definition) is 2. The summed E-state index contributed by atoms with van der Waals surface area (Å²) in [5.41, 5.74) is 0.952. The molecular formula is C10H5N2. The fourth-order valence-electron chi connectivity index (χ4n) is 0.752. The molecule has 2 nitrogen and oxygen atoms in total. The minimum Gasteiger partial charge on any atom is -0.192 e. The van der Waals surface area contributed by atoms with Crippen molar-refractivity contribution in [3.63, 3.8) is 0 Å². The summed E-state index contributed by atoms with van der Waals surface area (Å²) in [6.07, 6.45) is 1.54. The average Bonchev–Trinajstić information content (AvgIpc) is 2.16. The first kappa shape index (κ1) is 8.04. The molecule has 1 aromatic rings. The quantitative estimate of drug-likeness (QED) is 0.578. The molecule has 1 aromatic carbocycles. The van der Waals surface area contributed by atoms with Crippen LogP contribution in [0.15, 0.2) is 29.8 Å². The van der Waals surface area contributed by atoms with Gasteiger partial charge in [0.1, 0.15) is 17.7 Å². The van der Waals surface area contributed by atoms with E-state index in [-0.39, 0.29) is 5.57 Å². The highest BCUT2D eigenvalue weighted by atomic mass is 14.3. The van der Waals surface area contributed by atoms with Crippen LogP contribution in [0, 0.1) is 28.7 Å². The molecule has 0 aliphatic carbocycles. The second-order valence-corrected chi connectivity index (χ2v) is 2.11. The van der Waals surface area contributed by atoms with E-state index in [2.05, 4.69) is 6.07 Å². The summed E-state index contributed by atoms with van der Waals surface area (Å²) in [4.78, 5) is 0. The number of nitrogens with zero attached hydrogens (tertiary/aromatic N) is 2. The number of hydrogen-bond donors (Lipinski definition) is 0. The van der Waals surface area contributed by atoms with Crippen molar-refractivity contribution in [1.82, 2.24) is 0 Å². The van der Waals surface area contributed by atoms with Gasteiger partial charge in [0, 0.05) is 0 Å². The SMILES string of the molecule is N#CC(C#N)=Cc1cc[c]cc1. The Morgan fingerprint density at radius 2 is 1.83 bits per heavy atom. The van der Waals surface area contributed by atoms with Gasteiger partial charge in [0.15, 0.2) is 0 Å². The molecule has 0 saturated carbocycles. The number of nitriles is 2. The van der Waals surface area contributed by atoms with E-state index >= 15 is 0 Å². The molecule has 0 aliphatic rings. The smallest absolute Gasteiger partial charge is 0.130 e. The molecule has 0 bridgehead atoms. The molecule has 0 N–H and O–H groups in total. The lowest BCUT2D eigenvalue weighted by Gasteiger charge is -1.88. The Labute approximate surface area is 71.0 Å². The van der Waals surface area contributed by atoms with Crippen LogP contribution in [-0.4, -0.2) is 0 Å². The summed E-state index contributed by atoms with van der Waals surface area (Å²) >= 11 is 0. The molecule has 0 aliphatic heterocycles. The van der Waals surface area contributed by atoms with Crippen molar-refractivity contribution in [2.75, 3.05) is 0 Å². The van der Waals surface area contributed by atoms with Crippen LogP contribution in [0.4, 0.5) is 0 Å². The first-order chi connectivity index (χ1) is 5.86. The first-order valence-electron chi connectivity index (χ1n) is 3.35. The van der Waals surface area contributed by atoms with Gasteiger partial charge in [-0.3, -0.25) is 0 Å². The highest BCUT2D eigenvalue weighted by molar-refractivity contribution is 5.61. The Morgan fingerprint density at radius 3 is 2.33 bits per heavy atom. The molecule has 0 unspecified atom stereocenters. The van der Waals surface area contributed by atoms with Crippen molar-refractivity contribution in [2.45, 2.75) is 0 Å². The van der Waals surface area contributed by atoms with Gasteiger partial charge >= 0.3 is 0 Å². The van der Waals surface area contributed by atoms with Crippen molar-refractivity contribution in [3.05, 3.63) is 41.5 Å². The predicted molar refractivity (Wildman–Crippen MR) is 44.5 cm³/mol. The predicted octanol–water partition coefficient (Wildman–Crippen LogP) is 1.92. The van der Waals surface area contributed by atoms with Gasteiger partial charge in [-0.2, -0.15) is 10.5 Å². The van der Waals surface area contributed by atoms with Crippen molar-refractivity contribution in [3.8, 4) is 12.1 Å². The Bertz CT molecular complexity index is 347. The first-order valence-corrected chi connectivity index (χ1v) is 3.35. The summed E-state index contributed by atoms with van der Waals surface area (Å²) < 4.78 is 0. The zero-order valence-corrected chi connectivity index (χ0v) is 6.28. The van der Waals surface area contributed by atoms with Gasteiger partial charge in [-0.25, -0.2) is 0 Å². The zero-order valence-electron chi connectivity index (χ0n) is 6.28. The fourth-order valence-corrected chi connectivity index (χ4v) is 0.752. The monoisotopic (exact) mass is 153 g/mol. The molecule has 1 radical (unpaired) electrons. The molecule has 0 heterocycles. The second-order valence-electron chi connectivity index (χ2n) is 2.11. The summed E-state index contributed by atoms with van der Waals surface area (Å²) in [6, 6.07) is 13.5. The van der Waals surface area contributed by atoms with Crippen molar-refractivity contribution in [1.29, 1.82) is 10.5 Å². The number of benzene rings is 1. The minimum absolute atomic E-state index is 0.112. The van der Waals surface area contributed by atoms with Gasteiger partial charge in [0.05, 0.1) is 0 Å². The highest BCUT2D eigenvalue weighted by Gasteiger charge is 1.91. The second kappa shape index (κ2) is 3.95. The third-order valence-corrected chi connectivity index (χ3v) is 1.30. The lowest BCUT2D eigenvalue weighted by atomic mass is 10.1. The molecule has 2 heteroatoms. The highest BCUT2D eigenvalue weighted by Crippen LogP contribution is 2.04. The lowest BCUT2D eigenvalue weighted by Crippen LogP contribution is -1.73. The van der Waals surface area contributed by atoms with Crippen molar-refractivity contribution in [2.24, 2.45) is 0 Å². The van der Waals surface area contributed by atoms with Gasteiger partial charge in [-0.05, 0) is 17.7 Å². The lowest BCUT2D eigenvalue weighted by molar-refractivity contribution is 1.47. The Balaban J connectivity index is 2.98. The normalized spacial score (nSPS) is 7.83. The minimum atomic E-state index is 0.112. The molecule has 12 heavy (non-hydrogen) atoms. The van der Waals surface area contributed by atoms with Crippen LogP contribution in [0.5, 0.6) is 0 Å². The maximum absolute atomic E-state index is 8.44. The van der Waals surface area contributed by atoms with E-state index in [0.29, 0.717) is 0 Å². The van der Waals surface area contributed by atoms with Crippen LogP contribution in [-0.2, 0) is 0 Å². The largest absolute Gasteiger partial charge is 0.192 e. The number of rotatable bonds is 1. The van der Waals surface area contributed by atoms with Gasteiger partial charge in [0.25, 0.3) is 0 Å². The topological polar surface area (TPSA) is 47.6 Å². The van der Waals surface area contributed by atoms with Gasteiger partial charge < -0.3 is 0 Å².